The lowest BCUT2D eigenvalue weighted by Crippen LogP contribution is -2.43. The molecule has 1 amide bonds. The highest BCUT2D eigenvalue weighted by Gasteiger charge is 2.34. The zero-order chi connectivity index (χ0) is 15.6. The molecule has 0 radical (unpaired) electrons. The highest BCUT2D eigenvalue weighted by Crippen LogP contribution is 2.34. The minimum absolute atomic E-state index is 0.186. The molecule has 2 aromatic rings. The van der Waals surface area contributed by atoms with Gasteiger partial charge in [-0.2, -0.15) is 0 Å². The Morgan fingerprint density at radius 1 is 1.36 bits per heavy atom. The third kappa shape index (κ3) is 2.85. The van der Waals surface area contributed by atoms with E-state index in [4.69, 9.17) is 0 Å². The van der Waals surface area contributed by atoms with Crippen LogP contribution in [0.4, 0.5) is 0 Å². The monoisotopic (exact) mass is 297 g/mol. The number of aliphatic hydroxyl groups is 1. The molecule has 114 valence electrons. The quantitative estimate of drug-likeness (QED) is 0.905. The molecule has 1 atom stereocenters. The number of carbonyl (C=O) groups excluding carboxylic acids is 1. The van der Waals surface area contributed by atoms with Crippen LogP contribution >= 0.6 is 0 Å². The second kappa shape index (κ2) is 5.85. The van der Waals surface area contributed by atoms with Crippen LogP contribution in [0, 0.1) is 6.92 Å². The van der Waals surface area contributed by atoms with Gasteiger partial charge in [0, 0.05) is 5.69 Å². The molecule has 0 bridgehead atoms. The van der Waals surface area contributed by atoms with Crippen LogP contribution in [-0.4, -0.2) is 27.5 Å². The van der Waals surface area contributed by atoms with Gasteiger partial charge in [0.15, 0.2) is 0 Å². The standard InChI is InChI=1S/C17H19N3O2/c1-12-9-15(20-11-19-12)16(21)18-10-17(22)8-4-6-13-5-2-3-7-14(13)17/h2-3,5,7,9,11,22H,4,6,8,10H2,1H3,(H,18,21). The van der Waals surface area contributed by atoms with Crippen LogP contribution in [0.15, 0.2) is 36.7 Å². The van der Waals surface area contributed by atoms with Crippen LogP contribution in [0.3, 0.4) is 0 Å². The van der Waals surface area contributed by atoms with E-state index in [1.165, 1.54) is 6.33 Å². The topological polar surface area (TPSA) is 75.1 Å². The lowest BCUT2D eigenvalue weighted by Gasteiger charge is -2.34. The van der Waals surface area contributed by atoms with Crippen molar-refractivity contribution in [2.45, 2.75) is 31.8 Å². The number of aromatic nitrogens is 2. The first-order chi connectivity index (χ1) is 10.6. The van der Waals surface area contributed by atoms with Crippen molar-refractivity contribution in [3.8, 4) is 0 Å². The van der Waals surface area contributed by atoms with Crippen LogP contribution in [0.1, 0.15) is 40.2 Å². The zero-order valence-electron chi connectivity index (χ0n) is 12.5. The molecule has 0 saturated carbocycles. The fourth-order valence-electron chi connectivity index (χ4n) is 2.98. The minimum Gasteiger partial charge on any atom is -0.383 e. The number of benzene rings is 1. The van der Waals surface area contributed by atoms with Gasteiger partial charge in [0.25, 0.3) is 5.91 Å². The summed E-state index contributed by atoms with van der Waals surface area (Å²) in [6.07, 6.45) is 3.90. The summed E-state index contributed by atoms with van der Waals surface area (Å²) >= 11 is 0. The molecule has 1 heterocycles. The number of nitrogens with one attached hydrogen (secondary N) is 1. The maximum atomic E-state index is 12.2. The molecule has 0 aliphatic heterocycles. The van der Waals surface area contributed by atoms with Crippen LogP contribution in [0.25, 0.3) is 0 Å². The zero-order valence-corrected chi connectivity index (χ0v) is 12.5. The molecule has 5 nitrogen and oxygen atoms in total. The van der Waals surface area contributed by atoms with Crippen LogP contribution in [-0.2, 0) is 12.0 Å². The highest BCUT2D eigenvalue weighted by atomic mass is 16.3. The fraction of sp³-hybridized carbons (Fsp3) is 0.353. The van der Waals surface area contributed by atoms with Crippen molar-refractivity contribution in [1.82, 2.24) is 15.3 Å². The van der Waals surface area contributed by atoms with E-state index in [0.29, 0.717) is 12.1 Å². The van der Waals surface area contributed by atoms with Gasteiger partial charge < -0.3 is 10.4 Å². The summed E-state index contributed by atoms with van der Waals surface area (Å²) in [6.45, 7) is 2.00. The Morgan fingerprint density at radius 2 is 2.18 bits per heavy atom. The number of nitrogens with zero attached hydrogens (tertiary/aromatic N) is 2. The predicted molar refractivity (Wildman–Crippen MR) is 82.4 cm³/mol. The SMILES string of the molecule is Cc1cc(C(=O)NCC2(O)CCCc3ccccc32)ncn1. The summed E-state index contributed by atoms with van der Waals surface area (Å²) < 4.78 is 0. The largest absolute Gasteiger partial charge is 0.383 e. The normalized spacial score (nSPS) is 20.3. The van der Waals surface area contributed by atoms with Gasteiger partial charge in [0.05, 0.1) is 6.54 Å². The summed E-state index contributed by atoms with van der Waals surface area (Å²) in [6, 6.07) is 9.51. The van der Waals surface area contributed by atoms with Crippen molar-refractivity contribution in [1.29, 1.82) is 0 Å². The average Bonchev–Trinajstić information content (AvgIpc) is 2.53. The van der Waals surface area contributed by atoms with Gasteiger partial charge in [0.1, 0.15) is 17.6 Å². The summed E-state index contributed by atoms with van der Waals surface area (Å²) in [4.78, 5) is 20.1. The molecular formula is C17H19N3O2. The average molecular weight is 297 g/mol. The number of carbonyl (C=O) groups is 1. The molecule has 1 aliphatic carbocycles. The van der Waals surface area contributed by atoms with E-state index >= 15 is 0 Å². The van der Waals surface area contributed by atoms with Gasteiger partial charge in [-0.15, -0.1) is 0 Å². The molecule has 3 rings (SSSR count). The third-order valence-electron chi connectivity index (χ3n) is 4.13. The third-order valence-corrected chi connectivity index (χ3v) is 4.13. The number of rotatable bonds is 3. The van der Waals surface area contributed by atoms with E-state index in [1.54, 1.807) is 6.07 Å². The molecular weight excluding hydrogens is 278 g/mol. The number of hydrogen-bond acceptors (Lipinski definition) is 4. The van der Waals surface area contributed by atoms with Gasteiger partial charge in [-0.1, -0.05) is 24.3 Å². The lowest BCUT2D eigenvalue weighted by molar-refractivity contribution is 0.0189. The van der Waals surface area contributed by atoms with Crippen molar-refractivity contribution >= 4 is 5.91 Å². The van der Waals surface area contributed by atoms with Crippen molar-refractivity contribution in [3.05, 3.63) is 59.2 Å². The minimum atomic E-state index is -1.01. The van der Waals surface area contributed by atoms with Gasteiger partial charge >= 0.3 is 0 Å². The second-order valence-corrected chi connectivity index (χ2v) is 5.77. The molecule has 5 heteroatoms. The Hall–Kier alpha value is -2.27. The van der Waals surface area contributed by atoms with E-state index in [2.05, 4.69) is 15.3 Å². The van der Waals surface area contributed by atoms with Crippen molar-refractivity contribution < 1.29 is 9.90 Å². The number of fused-ring (bicyclic) bond motifs is 1. The first-order valence-corrected chi connectivity index (χ1v) is 7.46. The van der Waals surface area contributed by atoms with Crippen LogP contribution < -0.4 is 5.32 Å². The molecule has 1 aliphatic rings. The molecule has 0 fully saturated rings. The Kier molecular flexibility index (Phi) is 3.90. The van der Waals surface area contributed by atoms with Crippen molar-refractivity contribution in [2.75, 3.05) is 6.54 Å². The first kappa shape index (κ1) is 14.7. The molecule has 1 aromatic carbocycles. The summed E-state index contributed by atoms with van der Waals surface area (Å²) in [7, 11) is 0. The maximum absolute atomic E-state index is 12.2. The van der Waals surface area contributed by atoms with Crippen LogP contribution in [0.5, 0.6) is 0 Å². The lowest BCUT2D eigenvalue weighted by atomic mass is 9.79. The molecule has 0 saturated heterocycles. The smallest absolute Gasteiger partial charge is 0.270 e. The van der Waals surface area contributed by atoms with E-state index in [9.17, 15) is 9.90 Å². The number of aryl methyl sites for hydroxylation is 2. The van der Waals surface area contributed by atoms with E-state index < -0.39 is 5.60 Å². The summed E-state index contributed by atoms with van der Waals surface area (Å²) in [5, 5.41) is 13.7. The van der Waals surface area contributed by atoms with Crippen molar-refractivity contribution in [3.63, 3.8) is 0 Å². The Morgan fingerprint density at radius 3 is 3.00 bits per heavy atom. The van der Waals surface area contributed by atoms with Gasteiger partial charge in [-0.25, -0.2) is 9.97 Å². The molecule has 0 spiro atoms. The molecule has 1 unspecified atom stereocenters. The second-order valence-electron chi connectivity index (χ2n) is 5.77. The first-order valence-electron chi connectivity index (χ1n) is 7.46. The molecule has 2 N–H and O–H groups in total. The van der Waals surface area contributed by atoms with Gasteiger partial charge in [-0.05, 0) is 43.4 Å². The summed E-state index contributed by atoms with van der Waals surface area (Å²) in [5.41, 5.74) is 2.12. The number of amides is 1. The molecule has 22 heavy (non-hydrogen) atoms. The van der Waals surface area contributed by atoms with Gasteiger partial charge in [-0.3, -0.25) is 4.79 Å². The fourth-order valence-corrected chi connectivity index (χ4v) is 2.98. The van der Waals surface area contributed by atoms with Gasteiger partial charge in [0.2, 0.25) is 0 Å². The Bertz CT molecular complexity index is 702. The summed E-state index contributed by atoms with van der Waals surface area (Å²) in [5.74, 6) is -0.290. The van der Waals surface area contributed by atoms with E-state index in [-0.39, 0.29) is 12.5 Å². The van der Waals surface area contributed by atoms with Crippen molar-refractivity contribution in [2.24, 2.45) is 0 Å². The maximum Gasteiger partial charge on any atom is 0.270 e. The Labute approximate surface area is 129 Å². The van der Waals surface area contributed by atoms with E-state index in [1.807, 2.05) is 31.2 Å². The van der Waals surface area contributed by atoms with E-state index in [0.717, 1.165) is 29.7 Å². The Balaban J connectivity index is 1.75. The number of hydrogen-bond donors (Lipinski definition) is 2. The van der Waals surface area contributed by atoms with Crippen LogP contribution in [0.2, 0.25) is 0 Å². The highest BCUT2D eigenvalue weighted by molar-refractivity contribution is 5.92. The molecule has 1 aromatic heterocycles. The predicted octanol–water partition coefficient (Wildman–Crippen LogP) is 1.74.